The zero-order valence-corrected chi connectivity index (χ0v) is 12.0. The molecule has 0 unspecified atom stereocenters. The van der Waals surface area contributed by atoms with Gasteiger partial charge < -0.3 is 9.52 Å². The van der Waals surface area contributed by atoms with Gasteiger partial charge in [0, 0.05) is 17.2 Å². The average Bonchev–Trinajstić information content (AvgIpc) is 2.82. The Kier molecular flexibility index (Phi) is 3.65. The first-order valence-corrected chi connectivity index (χ1v) is 7.25. The summed E-state index contributed by atoms with van der Waals surface area (Å²) < 4.78 is 5.81. The van der Waals surface area contributed by atoms with E-state index in [-0.39, 0.29) is 12.3 Å². The van der Waals surface area contributed by atoms with Crippen molar-refractivity contribution in [2.45, 2.75) is 26.2 Å². The van der Waals surface area contributed by atoms with Crippen LogP contribution < -0.4 is 0 Å². The molecule has 108 valence electrons. The maximum atomic E-state index is 10.7. The molecule has 0 saturated carbocycles. The minimum absolute atomic E-state index is 0.194. The molecule has 1 N–H and O–H groups in total. The van der Waals surface area contributed by atoms with Crippen molar-refractivity contribution in [2.75, 3.05) is 0 Å². The standard InChI is InChI=1S/C18H18O3/c1-12(10-18(19)20)6-7-13-8-9-17-15(11-13)14-4-2-3-5-16(14)21-17/h2-5,8-9,11-12H,6-7,10H2,1H3,(H,19,20)/t12-/m0/s1. The summed E-state index contributed by atoms with van der Waals surface area (Å²) in [6.07, 6.45) is 2.01. The van der Waals surface area contributed by atoms with E-state index < -0.39 is 5.97 Å². The summed E-state index contributed by atoms with van der Waals surface area (Å²) in [7, 11) is 0. The largest absolute Gasteiger partial charge is 0.481 e. The monoisotopic (exact) mass is 282 g/mol. The highest BCUT2D eigenvalue weighted by Gasteiger charge is 2.10. The first-order chi connectivity index (χ1) is 10.1. The number of aliphatic carboxylic acids is 1. The van der Waals surface area contributed by atoms with Crippen molar-refractivity contribution < 1.29 is 14.3 Å². The first kappa shape index (κ1) is 13.7. The smallest absolute Gasteiger partial charge is 0.303 e. The molecule has 1 atom stereocenters. The molecule has 2 aromatic carbocycles. The summed E-state index contributed by atoms with van der Waals surface area (Å²) in [6.45, 7) is 1.99. The van der Waals surface area contributed by atoms with Crippen LogP contribution in [-0.4, -0.2) is 11.1 Å². The fourth-order valence-corrected chi connectivity index (χ4v) is 2.74. The van der Waals surface area contributed by atoms with Gasteiger partial charge in [0.05, 0.1) is 0 Å². The molecule has 1 aromatic heterocycles. The highest BCUT2D eigenvalue weighted by Crippen LogP contribution is 2.29. The van der Waals surface area contributed by atoms with E-state index in [1.807, 2.05) is 31.2 Å². The first-order valence-electron chi connectivity index (χ1n) is 7.25. The second kappa shape index (κ2) is 5.60. The number of benzene rings is 2. The predicted molar refractivity (Wildman–Crippen MR) is 83.5 cm³/mol. The van der Waals surface area contributed by atoms with Gasteiger partial charge in [-0.1, -0.05) is 31.2 Å². The normalized spacial score (nSPS) is 12.8. The topological polar surface area (TPSA) is 50.4 Å². The summed E-state index contributed by atoms with van der Waals surface area (Å²) in [4.78, 5) is 10.7. The Morgan fingerprint density at radius 3 is 2.71 bits per heavy atom. The maximum Gasteiger partial charge on any atom is 0.303 e. The Labute approximate surface area is 123 Å². The molecular weight excluding hydrogens is 264 g/mol. The molecule has 3 aromatic rings. The number of aryl methyl sites for hydroxylation is 1. The van der Waals surface area contributed by atoms with Gasteiger partial charge in [0.2, 0.25) is 0 Å². The summed E-state index contributed by atoms with van der Waals surface area (Å²) in [5.74, 6) is -0.530. The van der Waals surface area contributed by atoms with Crippen LogP contribution in [0.5, 0.6) is 0 Å². The molecule has 0 saturated heterocycles. The molecule has 0 radical (unpaired) electrons. The number of fused-ring (bicyclic) bond motifs is 3. The van der Waals surface area contributed by atoms with Crippen LogP contribution in [0.4, 0.5) is 0 Å². The van der Waals surface area contributed by atoms with Gasteiger partial charge in [0.1, 0.15) is 11.2 Å². The maximum absolute atomic E-state index is 10.7. The lowest BCUT2D eigenvalue weighted by atomic mass is 9.97. The zero-order chi connectivity index (χ0) is 14.8. The Hall–Kier alpha value is -2.29. The summed E-state index contributed by atoms with van der Waals surface area (Å²) in [5, 5.41) is 11.1. The Bertz CT molecular complexity index is 785. The molecule has 3 rings (SSSR count). The van der Waals surface area contributed by atoms with Crippen molar-refractivity contribution in [2.24, 2.45) is 5.92 Å². The number of carboxylic acids is 1. The van der Waals surface area contributed by atoms with E-state index in [4.69, 9.17) is 9.52 Å². The average molecular weight is 282 g/mol. The van der Waals surface area contributed by atoms with Crippen LogP contribution in [0, 0.1) is 5.92 Å². The van der Waals surface area contributed by atoms with E-state index in [0.717, 1.165) is 34.8 Å². The summed E-state index contributed by atoms with van der Waals surface area (Å²) in [6, 6.07) is 14.3. The van der Waals surface area contributed by atoms with Gasteiger partial charge in [-0.05, 0) is 42.5 Å². The molecule has 0 aliphatic heterocycles. The van der Waals surface area contributed by atoms with Crippen molar-refractivity contribution in [1.82, 2.24) is 0 Å². The number of hydrogen-bond donors (Lipinski definition) is 1. The molecule has 0 spiro atoms. The van der Waals surface area contributed by atoms with Crippen LogP contribution in [0.1, 0.15) is 25.3 Å². The second-order valence-corrected chi connectivity index (χ2v) is 5.67. The predicted octanol–water partition coefficient (Wildman–Crippen LogP) is 4.63. The third-order valence-corrected chi connectivity index (χ3v) is 3.89. The fourth-order valence-electron chi connectivity index (χ4n) is 2.74. The van der Waals surface area contributed by atoms with Crippen molar-refractivity contribution in [3.05, 3.63) is 48.0 Å². The minimum atomic E-state index is -0.723. The molecule has 0 aliphatic carbocycles. The third kappa shape index (κ3) is 2.92. The molecule has 0 fully saturated rings. The molecule has 0 bridgehead atoms. The van der Waals surface area contributed by atoms with Crippen LogP contribution >= 0.6 is 0 Å². The lowest BCUT2D eigenvalue weighted by Gasteiger charge is -2.08. The summed E-state index contributed by atoms with van der Waals surface area (Å²) in [5.41, 5.74) is 3.04. The molecule has 0 amide bonds. The molecule has 21 heavy (non-hydrogen) atoms. The van der Waals surface area contributed by atoms with Crippen LogP contribution in [0.25, 0.3) is 21.9 Å². The third-order valence-electron chi connectivity index (χ3n) is 3.89. The van der Waals surface area contributed by atoms with Crippen molar-refractivity contribution >= 4 is 27.9 Å². The zero-order valence-electron chi connectivity index (χ0n) is 12.0. The lowest BCUT2D eigenvalue weighted by molar-refractivity contribution is -0.138. The Morgan fingerprint density at radius 1 is 1.14 bits per heavy atom. The van der Waals surface area contributed by atoms with Crippen molar-refractivity contribution in [3.8, 4) is 0 Å². The Morgan fingerprint density at radius 2 is 1.90 bits per heavy atom. The van der Waals surface area contributed by atoms with Crippen LogP contribution in [0.3, 0.4) is 0 Å². The number of para-hydroxylation sites is 1. The van der Waals surface area contributed by atoms with Crippen LogP contribution in [0.2, 0.25) is 0 Å². The van der Waals surface area contributed by atoms with E-state index in [1.54, 1.807) is 0 Å². The number of carbonyl (C=O) groups is 1. The highest BCUT2D eigenvalue weighted by atomic mass is 16.4. The van der Waals surface area contributed by atoms with E-state index >= 15 is 0 Å². The molecular formula is C18H18O3. The number of rotatable bonds is 5. The van der Waals surface area contributed by atoms with E-state index in [0.29, 0.717) is 0 Å². The fraction of sp³-hybridized carbons (Fsp3) is 0.278. The van der Waals surface area contributed by atoms with Crippen LogP contribution in [-0.2, 0) is 11.2 Å². The Balaban J connectivity index is 1.83. The van der Waals surface area contributed by atoms with E-state index in [1.165, 1.54) is 5.56 Å². The molecule has 0 aliphatic rings. The van der Waals surface area contributed by atoms with Crippen molar-refractivity contribution in [1.29, 1.82) is 0 Å². The van der Waals surface area contributed by atoms with Gasteiger partial charge in [-0.25, -0.2) is 0 Å². The second-order valence-electron chi connectivity index (χ2n) is 5.67. The molecule has 1 heterocycles. The van der Waals surface area contributed by atoms with Gasteiger partial charge in [0.15, 0.2) is 0 Å². The van der Waals surface area contributed by atoms with Gasteiger partial charge in [-0.2, -0.15) is 0 Å². The van der Waals surface area contributed by atoms with Crippen molar-refractivity contribution in [3.63, 3.8) is 0 Å². The van der Waals surface area contributed by atoms with E-state index in [9.17, 15) is 4.79 Å². The van der Waals surface area contributed by atoms with E-state index in [2.05, 4.69) is 18.2 Å². The summed E-state index contributed by atoms with van der Waals surface area (Å²) >= 11 is 0. The molecule has 3 nitrogen and oxygen atoms in total. The minimum Gasteiger partial charge on any atom is -0.481 e. The number of hydrogen-bond acceptors (Lipinski definition) is 2. The lowest BCUT2D eigenvalue weighted by Crippen LogP contribution is -2.05. The SMILES string of the molecule is C[C@@H](CCc1ccc2oc3ccccc3c2c1)CC(=O)O. The van der Waals surface area contributed by atoms with Gasteiger partial charge >= 0.3 is 5.97 Å². The van der Waals surface area contributed by atoms with Gasteiger partial charge in [-0.15, -0.1) is 0 Å². The highest BCUT2D eigenvalue weighted by molar-refractivity contribution is 6.04. The van der Waals surface area contributed by atoms with Gasteiger partial charge in [0.25, 0.3) is 0 Å². The number of carboxylic acid groups (broad SMARTS) is 1. The van der Waals surface area contributed by atoms with Gasteiger partial charge in [-0.3, -0.25) is 4.79 Å². The molecule has 3 heteroatoms. The van der Waals surface area contributed by atoms with Crippen LogP contribution in [0.15, 0.2) is 46.9 Å². The number of furan rings is 1. The quantitative estimate of drug-likeness (QED) is 0.742.